The highest BCUT2D eigenvalue weighted by molar-refractivity contribution is 9.10. The summed E-state index contributed by atoms with van der Waals surface area (Å²) in [5.74, 6) is 0.928. The van der Waals surface area contributed by atoms with Gasteiger partial charge in [0.25, 0.3) is 0 Å². The summed E-state index contributed by atoms with van der Waals surface area (Å²) < 4.78 is 12.0. The van der Waals surface area contributed by atoms with Crippen molar-refractivity contribution in [3.05, 3.63) is 22.8 Å². The maximum atomic E-state index is 12.0. The lowest BCUT2D eigenvalue weighted by Crippen LogP contribution is -2.35. The average Bonchev–Trinajstić information content (AvgIpc) is 2.85. The zero-order valence-corrected chi connectivity index (χ0v) is 14.2. The van der Waals surface area contributed by atoms with Crippen LogP contribution in [-0.2, 0) is 4.74 Å². The Hall–Kier alpha value is -1.30. The van der Waals surface area contributed by atoms with Crippen LogP contribution in [0.25, 0.3) is 0 Å². The van der Waals surface area contributed by atoms with Gasteiger partial charge in [0.05, 0.1) is 6.61 Å². The number of carbonyl (C=O) groups excluding carboxylic acids is 1. The van der Waals surface area contributed by atoms with E-state index in [1.807, 2.05) is 32.9 Å². The van der Waals surface area contributed by atoms with Crippen LogP contribution in [0.15, 0.2) is 22.8 Å². The van der Waals surface area contributed by atoms with Crippen molar-refractivity contribution in [2.75, 3.05) is 19.7 Å². The molecule has 1 amide bonds. The van der Waals surface area contributed by atoms with Crippen LogP contribution >= 0.6 is 15.9 Å². The van der Waals surface area contributed by atoms with Crippen LogP contribution < -0.4 is 4.74 Å². The van der Waals surface area contributed by atoms with E-state index in [1.54, 1.807) is 11.1 Å². The topological polar surface area (TPSA) is 51.7 Å². The molecule has 0 unspecified atom stereocenters. The lowest BCUT2D eigenvalue weighted by molar-refractivity contribution is 0.0284. The number of likely N-dealkylation sites (tertiary alicyclic amines) is 1. The van der Waals surface area contributed by atoms with Gasteiger partial charge < -0.3 is 14.4 Å². The molecule has 1 aromatic rings. The number of pyridine rings is 1. The van der Waals surface area contributed by atoms with Gasteiger partial charge in [0.1, 0.15) is 5.60 Å². The quantitative estimate of drug-likeness (QED) is 0.831. The van der Waals surface area contributed by atoms with Crippen molar-refractivity contribution in [3.8, 4) is 5.88 Å². The molecular weight excluding hydrogens is 336 g/mol. The molecule has 2 rings (SSSR count). The van der Waals surface area contributed by atoms with Crippen molar-refractivity contribution in [2.45, 2.75) is 32.8 Å². The molecule has 0 radical (unpaired) electrons. The van der Waals surface area contributed by atoms with Crippen molar-refractivity contribution in [2.24, 2.45) is 5.92 Å². The average molecular weight is 357 g/mol. The number of amides is 1. The van der Waals surface area contributed by atoms with Gasteiger partial charge in [-0.15, -0.1) is 0 Å². The fourth-order valence-corrected chi connectivity index (χ4v) is 2.35. The molecule has 21 heavy (non-hydrogen) atoms. The van der Waals surface area contributed by atoms with E-state index in [0.29, 0.717) is 24.9 Å². The summed E-state index contributed by atoms with van der Waals surface area (Å²) in [4.78, 5) is 17.9. The van der Waals surface area contributed by atoms with E-state index >= 15 is 0 Å². The predicted molar refractivity (Wildman–Crippen MR) is 83.3 cm³/mol. The van der Waals surface area contributed by atoms with Crippen molar-refractivity contribution < 1.29 is 14.3 Å². The van der Waals surface area contributed by atoms with Gasteiger partial charge in [-0.3, -0.25) is 0 Å². The number of aromatic nitrogens is 1. The van der Waals surface area contributed by atoms with Crippen LogP contribution in [0.2, 0.25) is 0 Å². The van der Waals surface area contributed by atoms with E-state index < -0.39 is 5.60 Å². The number of rotatable bonds is 3. The van der Waals surface area contributed by atoms with Gasteiger partial charge in [0.15, 0.2) is 0 Å². The first-order chi connectivity index (χ1) is 9.83. The zero-order valence-electron chi connectivity index (χ0n) is 12.6. The van der Waals surface area contributed by atoms with Gasteiger partial charge in [-0.1, -0.05) is 0 Å². The zero-order chi connectivity index (χ0) is 15.5. The summed E-state index contributed by atoms with van der Waals surface area (Å²) in [6, 6.07) is 3.72. The molecule has 5 nitrogen and oxygen atoms in total. The lowest BCUT2D eigenvalue weighted by atomic mass is 10.1. The largest absolute Gasteiger partial charge is 0.477 e. The summed E-state index contributed by atoms with van der Waals surface area (Å²) in [5, 5.41) is 0. The molecular formula is C15H21BrN2O3. The number of hydrogen-bond donors (Lipinski definition) is 0. The third kappa shape index (κ3) is 5.19. The summed E-state index contributed by atoms with van der Waals surface area (Å²) >= 11 is 3.33. The smallest absolute Gasteiger partial charge is 0.410 e. The Morgan fingerprint density at radius 2 is 2.24 bits per heavy atom. The van der Waals surface area contributed by atoms with E-state index in [0.717, 1.165) is 17.4 Å². The molecule has 0 aliphatic carbocycles. The molecule has 0 spiro atoms. The number of nitrogens with zero attached hydrogens (tertiary/aromatic N) is 2. The van der Waals surface area contributed by atoms with Crippen molar-refractivity contribution in [1.29, 1.82) is 0 Å². The van der Waals surface area contributed by atoms with Crippen LogP contribution in [-0.4, -0.2) is 41.3 Å². The second-order valence-electron chi connectivity index (χ2n) is 6.21. The van der Waals surface area contributed by atoms with Gasteiger partial charge in [0.2, 0.25) is 5.88 Å². The van der Waals surface area contributed by atoms with Gasteiger partial charge in [0, 0.05) is 35.7 Å². The summed E-state index contributed by atoms with van der Waals surface area (Å²) in [6.45, 7) is 7.58. The first-order valence-electron chi connectivity index (χ1n) is 7.06. The Balaban J connectivity index is 1.77. The number of halogens is 1. The Bertz CT molecular complexity index is 485. The maximum absolute atomic E-state index is 12.0. The third-order valence-corrected chi connectivity index (χ3v) is 3.57. The Morgan fingerprint density at radius 3 is 2.86 bits per heavy atom. The molecule has 1 aromatic heterocycles. The molecule has 1 aliphatic heterocycles. The molecule has 1 aliphatic rings. The Morgan fingerprint density at radius 1 is 1.48 bits per heavy atom. The van der Waals surface area contributed by atoms with Crippen molar-refractivity contribution >= 4 is 22.0 Å². The first-order valence-corrected chi connectivity index (χ1v) is 7.85. The molecule has 0 bridgehead atoms. The van der Waals surface area contributed by atoms with Crippen LogP contribution in [0.1, 0.15) is 27.2 Å². The first kappa shape index (κ1) is 16.1. The fourth-order valence-electron chi connectivity index (χ4n) is 2.11. The number of carbonyl (C=O) groups is 1. The van der Waals surface area contributed by atoms with E-state index in [4.69, 9.17) is 9.47 Å². The standard InChI is InChI=1S/C15H21BrN2O3/c1-15(2,3)21-14(19)18-7-6-11(9-18)10-20-13-5-4-12(16)8-17-13/h4-5,8,11H,6-7,9-10H2,1-3H3/t11-/m0/s1. The SMILES string of the molecule is CC(C)(C)OC(=O)N1CC[C@H](COc2ccc(Br)cn2)C1. The second-order valence-corrected chi connectivity index (χ2v) is 7.12. The Kier molecular flexibility index (Phi) is 5.08. The van der Waals surface area contributed by atoms with Gasteiger partial charge >= 0.3 is 6.09 Å². The van der Waals surface area contributed by atoms with Crippen molar-refractivity contribution in [1.82, 2.24) is 9.88 Å². The fraction of sp³-hybridized carbons (Fsp3) is 0.600. The molecule has 1 atom stereocenters. The van der Waals surface area contributed by atoms with Gasteiger partial charge in [-0.05, 0) is 49.2 Å². The predicted octanol–water partition coefficient (Wildman–Crippen LogP) is 3.48. The number of ether oxygens (including phenoxy) is 2. The van der Waals surface area contributed by atoms with E-state index in [1.165, 1.54) is 0 Å². The Labute approximate surface area is 133 Å². The summed E-state index contributed by atoms with van der Waals surface area (Å²) in [7, 11) is 0. The molecule has 0 aromatic carbocycles. The van der Waals surface area contributed by atoms with Gasteiger partial charge in [-0.2, -0.15) is 0 Å². The molecule has 0 saturated carbocycles. The minimum atomic E-state index is -0.451. The van der Waals surface area contributed by atoms with E-state index in [-0.39, 0.29) is 6.09 Å². The summed E-state index contributed by atoms with van der Waals surface area (Å²) in [6.07, 6.45) is 2.39. The highest BCUT2D eigenvalue weighted by Gasteiger charge is 2.30. The normalized spacial score (nSPS) is 18.7. The van der Waals surface area contributed by atoms with Gasteiger partial charge in [-0.25, -0.2) is 9.78 Å². The summed E-state index contributed by atoms with van der Waals surface area (Å²) in [5.41, 5.74) is -0.451. The second kappa shape index (κ2) is 6.64. The van der Waals surface area contributed by atoms with Crippen LogP contribution in [0.5, 0.6) is 5.88 Å². The maximum Gasteiger partial charge on any atom is 0.410 e. The highest BCUT2D eigenvalue weighted by atomic mass is 79.9. The monoisotopic (exact) mass is 356 g/mol. The highest BCUT2D eigenvalue weighted by Crippen LogP contribution is 2.21. The lowest BCUT2D eigenvalue weighted by Gasteiger charge is -2.24. The van der Waals surface area contributed by atoms with Crippen LogP contribution in [0.3, 0.4) is 0 Å². The van der Waals surface area contributed by atoms with Crippen LogP contribution in [0.4, 0.5) is 4.79 Å². The number of hydrogen-bond acceptors (Lipinski definition) is 4. The molecule has 0 N–H and O–H groups in total. The molecule has 2 heterocycles. The minimum absolute atomic E-state index is 0.244. The molecule has 1 fully saturated rings. The van der Waals surface area contributed by atoms with Crippen LogP contribution in [0, 0.1) is 5.92 Å². The van der Waals surface area contributed by atoms with Crippen molar-refractivity contribution in [3.63, 3.8) is 0 Å². The molecule has 116 valence electrons. The molecule has 1 saturated heterocycles. The molecule has 6 heteroatoms. The van der Waals surface area contributed by atoms with E-state index in [9.17, 15) is 4.79 Å². The third-order valence-electron chi connectivity index (χ3n) is 3.10. The van der Waals surface area contributed by atoms with E-state index in [2.05, 4.69) is 20.9 Å². The minimum Gasteiger partial charge on any atom is -0.477 e.